The third kappa shape index (κ3) is 5.85. The van der Waals surface area contributed by atoms with E-state index in [1.807, 2.05) is 0 Å². The predicted octanol–water partition coefficient (Wildman–Crippen LogP) is 2.10. The molecule has 0 unspecified atom stereocenters. The minimum atomic E-state index is -0.793. The first-order valence-corrected chi connectivity index (χ1v) is 8.58. The third-order valence-electron chi connectivity index (χ3n) is 3.05. The van der Waals surface area contributed by atoms with E-state index < -0.39 is 29.4 Å². The molecule has 0 bridgehead atoms. The Balaban J connectivity index is 1.69. The molecule has 2 aromatic rings. The van der Waals surface area contributed by atoms with E-state index in [1.54, 1.807) is 6.07 Å². The molecule has 26 heavy (non-hydrogen) atoms. The quantitative estimate of drug-likeness (QED) is 0.671. The van der Waals surface area contributed by atoms with Crippen molar-refractivity contribution in [1.29, 1.82) is 0 Å². The van der Waals surface area contributed by atoms with Crippen molar-refractivity contribution in [1.82, 2.24) is 10.9 Å². The van der Waals surface area contributed by atoms with E-state index >= 15 is 0 Å². The number of hydrogen-bond acceptors (Lipinski definition) is 4. The Morgan fingerprint density at radius 3 is 2.12 bits per heavy atom. The van der Waals surface area contributed by atoms with Crippen molar-refractivity contribution in [3.05, 3.63) is 65.7 Å². The van der Waals surface area contributed by atoms with Crippen LogP contribution in [0.5, 0.6) is 0 Å². The van der Waals surface area contributed by atoms with Crippen molar-refractivity contribution in [2.75, 3.05) is 16.8 Å². The summed E-state index contributed by atoms with van der Waals surface area (Å²) in [6, 6.07) is 11.0. The van der Waals surface area contributed by atoms with Crippen molar-refractivity contribution in [2.24, 2.45) is 0 Å². The Hall–Kier alpha value is -2.94. The molecule has 3 amide bonds. The lowest BCUT2D eigenvalue weighted by atomic mass is 10.2. The van der Waals surface area contributed by atoms with Crippen LogP contribution in [0.3, 0.4) is 0 Å². The standard InChI is InChI=1S/C17H15F2N3O3S/c18-12-6-2-1-5-11(12)17(25)22-21-16(24)10-26-9-15(23)20-14-8-4-3-7-13(14)19/h1-8H,9-10H2,(H,20,23)(H,21,24)(H,22,25). The van der Waals surface area contributed by atoms with Gasteiger partial charge in [0.1, 0.15) is 11.6 Å². The van der Waals surface area contributed by atoms with Crippen molar-refractivity contribution in [3.8, 4) is 0 Å². The van der Waals surface area contributed by atoms with E-state index in [-0.39, 0.29) is 22.8 Å². The number of amides is 3. The highest BCUT2D eigenvalue weighted by Gasteiger charge is 2.12. The maximum Gasteiger partial charge on any atom is 0.272 e. The minimum Gasteiger partial charge on any atom is -0.323 e. The first-order chi connectivity index (χ1) is 12.5. The first kappa shape index (κ1) is 19.4. The largest absolute Gasteiger partial charge is 0.323 e. The smallest absolute Gasteiger partial charge is 0.272 e. The van der Waals surface area contributed by atoms with E-state index in [0.29, 0.717) is 0 Å². The van der Waals surface area contributed by atoms with Crippen LogP contribution in [0.2, 0.25) is 0 Å². The summed E-state index contributed by atoms with van der Waals surface area (Å²) in [7, 11) is 0. The summed E-state index contributed by atoms with van der Waals surface area (Å²) in [5, 5.41) is 2.38. The molecule has 0 aliphatic heterocycles. The molecule has 0 radical (unpaired) electrons. The summed E-state index contributed by atoms with van der Waals surface area (Å²) in [4.78, 5) is 35.0. The van der Waals surface area contributed by atoms with Gasteiger partial charge in [-0.05, 0) is 24.3 Å². The Bertz CT molecular complexity index is 817. The van der Waals surface area contributed by atoms with Crippen LogP contribution in [-0.4, -0.2) is 29.2 Å². The molecule has 0 fully saturated rings. The van der Waals surface area contributed by atoms with Crippen molar-refractivity contribution in [3.63, 3.8) is 0 Å². The number of nitrogens with one attached hydrogen (secondary N) is 3. The molecule has 0 spiro atoms. The van der Waals surface area contributed by atoms with Crippen LogP contribution in [0.1, 0.15) is 10.4 Å². The zero-order chi connectivity index (χ0) is 18.9. The molecule has 0 aliphatic rings. The zero-order valence-corrected chi connectivity index (χ0v) is 14.2. The Morgan fingerprint density at radius 1 is 0.808 bits per heavy atom. The van der Waals surface area contributed by atoms with Gasteiger partial charge in [-0.3, -0.25) is 25.2 Å². The second-order valence-electron chi connectivity index (χ2n) is 5.00. The maximum atomic E-state index is 13.4. The van der Waals surface area contributed by atoms with Crippen LogP contribution < -0.4 is 16.2 Å². The highest BCUT2D eigenvalue weighted by atomic mass is 32.2. The molecule has 2 rings (SSSR count). The molecule has 9 heteroatoms. The molecular formula is C17H15F2N3O3S. The first-order valence-electron chi connectivity index (χ1n) is 7.43. The van der Waals surface area contributed by atoms with Gasteiger partial charge < -0.3 is 5.32 Å². The molecular weight excluding hydrogens is 364 g/mol. The molecule has 0 aliphatic carbocycles. The Morgan fingerprint density at radius 2 is 1.42 bits per heavy atom. The molecule has 0 atom stereocenters. The predicted molar refractivity (Wildman–Crippen MR) is 94.4 cm³/mol. The summed E-state index contributed by atoms with van der Waals surface area (Å²) in [6.45, 7) is 0. The molecule has 136 valence electrons. The summed E-state index contributed by atoms with van der Waals surface area (Å²) in [6.07, 6.45) is 0. The van der Waals surface area contributed by atoms with E-state index in [0.717, 1.165) is 17.8 Å². The van der Waals surface area contributed by atoms with Gasteiger partial charge in [-0.2, -0.15) is 0 Å². The molecule has 2 aromatic carbocycles. The minimum absolute atomic E-state index is 0.0553. The van der Waals surface area contributed by atoms with Gasteiger partial charge in [0, 0.05) is 0 Å². The number of benzene rings is 2. The molecule has 0 heterocycles. The van der Waals surface area contributed by atoms with Crippen LogP contribution in [0.25, 0.3) is 0 Å². The number of carbonyl (C=O) groups is 3. The van der Waals surface area contributed by atoms with Gasteiger partial charge in [0.05, 0.1) is 22.8 Å². The van der Waals surface area contributed by atoms with Gasteiger partial charge in [0.2, 0.25) is 11.8 Å². The van der Waals surface area contributed by atoms with Crippen LogP contribution in [0.15, 0.2) is 48.5 Å². The summed E-state index contributed by atoms with van der Waals surface area (Å²) in [5.74, 6) is -3.30. The van der Waals surface area contributed by atoms with Crippen LogP contribution in [0, 0.1) is 11.6 Å². The van der Waals surface area contributed by atoms with E-state index in [2.05, 4.69) is 16.2 Å². The fourth-order valence-corrected chi connectivity index (χ4v) is 2.48. The zero-order valence-electron chi connectivity index (χ0n) is 13.4. The normalized spacial score (nSPS) is 10.1. The number of thioether (sulfide) groups is 1. The van der Waals surface area contributed by atoms with Gasteiger partial charge in [0.15, 0.2) is 0 Å². The highest BCUT2D eigenvalue weighted by molar-refractivity contribution is 8.00. The maximum absolute atomic E-state index is 13.4. The van der Waals surface area contributed by atoms with Crippen LogP contribution in [0.4, 0.5) is 14.5 Å². The lowest BCUT2D eigenvalue weighted by Gasteiger charge is -2.08. The summed E-state index contributed by atoms with van der Waals surface area (Å²) in [5.41, 5.74) is 4.06. The number of rotatable bonds is 6. The lowest BCUT2D eigenvalue weighted by molar-refractivity contribution is -0.119. The van der Waals surface area contributed by atoms with Crippen LogP contribution in [-0.2, 0) is 9.59 Å². The van der Waals surface area contributed by atoms with Gasteiger partial charge in [-0.1, -0.05) is 24.3 Å². The second-order valence-corrected chi connectivity index (χ2v) is 5.99. The summed E-state index contributed by atoms with van der Waals surface area (Å²) < 4.78 is 26.8. The number of para-hydroxylation sites is 1. The van der Waals surface area contributed by atoms with Crippen LogP contribution >= 0.6 is 11.8 Å². The number of carbonyl (C=O) groups excluding carboxylic acids is 3. The fraction of sp³-hybridized carbons (Fsp3) is 0.118. The van der Waals surface area contributed by atoms with Gasteiger partial charge in [-0.15, -0.1) is 11.8 Å². The topological polar surface area (TPSA) is 87.3 Å². The van der Waals surface area contributed by atoms with E-state index in [9.17, 15) is 23.2 Å². The van der Waals surface area contributed by atoms with Crippen molar-refractivity contribution in [2.45, 2.75) is 0 Å². The molecule has 0 saturated carbocycles. The SMILES string of the molecule is O=C(CSCC(=O)Nc1ccccc1F)NNC(=O)c1ccccc1F. The number of anilines is 1. The average molecular weight is 379 g/mol. The number of hydrazine groups is 1. The van der Waals surface area contributed by atoms with Gasteiger partial charge in [0.25, 0.3) is 5.91 Å². The van der Waals surface area contributed by atoms with E-state index in [1.165, 1.54) is 36.4 Å². The number of hydrogen-bond donors (Lipinski definition) is 3. The van der Waals surface area contributed by atoms with Gasteiger partial charge >= 0.3 is 0 Å². The molecule has 0 aromatic heterocycles. The third-order valence-corrected chi connectivity index (χ3v) is 3.98. The summed E-state index contributed by atoms with van der Waals surface area (Å²) >= 11 is 0.973. The Kier molecular flexibility index (Phi) is 7.10. The Labute approximate surface area is 152 Å². The van der Waals surface area contributed by atoms with Crippen molar-refractivity contribution < 1.29 is 23.2 Å². The average Bonchev–Trinajstić information content (AvgIpc) is 2.62. The second kappa shape index (κ2) is 9.52. The monoisotopic (exact) mass is 379 g/mol. The van der Waals surface area contributed by atoms with Crippen molar-refractivity contribution >= 4 is 35.2 Å². The van der Waals surface area contributed by atoms with E-state index in [4.69, 9.17) is 0 Å². The van der Waals surface area contributed by atoms with Gasteiger partial charge in [-0.25, -0.2) is 8.78 Å². The molecule has 0 saturated heterocycles. The molecule has 3 N–H and O–H groups in total. The number of halogens is 2. The fourth-order valence-electron chi connectivity index (χ4n) is 1.86. The highest BCUT2D eigenvalue weighted by Crippen LogP contribution is 2.13. The lowest BCUT2D eigenvalue weighted by Crippen LogP contribution is -2.42. The molecule has 6 nitrogen and oxygen atoms in total.